The number of nitrogens with zero attached hydrogens (tertiary/aromatic N) is 2. The minimum absolute atomic E-state index is 0. The molecule has 0 saturated carbocycles. The Bertz CT molecular complexity index is 500. The smallest absolute Gasteiger partial charge is 0.198 e. The maximum absolute atomic E-state index is 10.5. The van der Waals surface area contributed by atoms with E-state index in [9.17, 15) is 5.11 Å². The molecule has 0 aromatic heterocycles. The van der Waals surface area contributed by atoms with Crippen LogP contribution in [0.15, 0.2) is 35.3 Å². The molecule has 2 aliphatic rings. The van der Waals surface area contributed by atoms with Gasteiger partial charge < -0.3 is 15.3 Å². The van der Waals surface area contributed by atoms with E-state index in [0.29, 0.717) is 6.54 Å². The number of hydrogen-bond acceptors (Lipinski definition) is 3. The lowest BCUT2D eigenvalue weighted by Gasteiger charge is -2.31. The molecular formula is C17H26IN3OS. The van der Waals surface area contributed by atoms with Gasteiger partial charge in [-0.15, -0.1) is 24.0 Å². The third kappa shape index (κ3) is 5.53. The summed E-state index contributed by atoms with van der Waals surface area (Å²) in [7, 11) is 0. The van der Waals surface area contributed by atoms with Crippen molar-refractivity contribution in [3.05, 3.63) is 30.3 Å². The maximum atomic E-state index is 10.5. The fraction of sp³-hybridized carbons (Fsp3) is 0.588. The van der Waals surface area contributed by atoms with Crippen LogP contribution in [0, 0.1) is 0 Å². The maximum Gasteiger partial charge on any atom is 0.198 e. The molecule has 2 N–H and O–H groups in total. The van der Waals surface area contributed by atoms with Gasteiger partial charge >= 0.3 is 0 Å². The van der Waals surface area contributed by atoms with E-state index in [4.69, 9.17) is 4.99 Å². The van der Waals surface area contributed by atoms with Crippen molar-refractivity contribution in [3.8, 4) is 0 Å². The lowest BCUT2D eigenvalue weighted by Crippen LogP contribution is -2.42. The van der Waals surface area contributed by atoms with Gasteiger partial charge in [0.05, 0.1) is 12.1 Å². The van der Waals surface area contributed by atoms with E-state index in [1.54, 1.807) is 0 Å². The quantitative estimate of drug-likeness (QED) is 0.424. The van der Waals surface area contributed by atoms with E-state index in [-0.39, 0.29) is 24.0 Å². The average molecular weight is 447 g/mol. The first-order valence-electron chi connectivity index (χ1n) is 8.17. The summed E-state index contributed by atoms with van der Waals surface area (Å²) in [6.07, 6.45) is 4.58. The van der Waals surface area contributed by atoms with Gasteiger partial charge in [-0.05, 0) is 43.6 Å². The van der Waals surface area contributed by atoms with Crippen LogP contribution in [0.3, 0.4) is 0 Å². The van der Waals surface area contributed by atoms with Crippen LogP contribution >= 0.6 is 35.7 Å². The summed E-state index contributed by atoms with van der Waals surface area (Å²) in [5, 5.41) is 14.0. The topological polar surface area (TPSA) is 47.9 Å². The molecule has 6 heteroatoms. The lowest BCUT2D eigenvalue weighted by atomic mass is 10.0. The number of aliphatic imine (C=N–C) groups is 1. The molecule has 2 heterocycles. The molecule has 0 bridgehead atoms. The minimum atomic E-state index is -0.621. The molecule has 128 valence electrons. The molecule has 1 aromatic carbocycles. The van der Waals surface area contributed by atoms with E-state index in [2.05, 4.69) is 22.3 Å². The summed E-state index contributed by atoms with van der Waals surface area (Å²) in [6.45, 7) is 2.59. The fourth-order valence-corrected chi connectivity index (χ4v) is 4.20. The van der Waals surface area contributed by atoms with Gasteiger partial charge in [-0.25, -0.2) is 4.99 Å². The summed E-state index contributed by atoms with van der Waals surface area (Å²) < 4.78 is 0. The molecule has 2 aliphatic heterocycles. The normalized spacial score (nSPS) is 25.1. The van der Waals surface area contributed by atoms with E-state index >= 15 is 0 Å². The molecule has 1 aromatic rings. The van der Waals surface area contributed by atoms with Gasteiger partial charge in [0.2, 0.25) is 0 Å². The molecule has 0 spiro atoms. The highest BCUT2D eigenvalue weighted by Crippen LogP contribution is 2.28. The number of para-hydroxylation sites is 1. The Kier molecular flexibility index (Phi) is 7.49. The molecular weight excluding hydrogens is 421 g/mol. The van der Waals surface area contributed by atoms with Gasteiger partial charge in [0, 0.05) is 24.5 Å². The number of likely N-dealkylation sites (tertiary alicyclic amines) is 1. The first-order valence-corrected chi connectivity index (χ1v) is 9.32. The average Bonchev–Trinajstić information content (AvgIpc) is 3.00. The monoisotopic (exact) mass is 447 g/mol. The summed E-state index contributed by atoms with van der Waals surface area (Å²) in [5.74, 6) is 2.75. The van der Waals surface area contributed by atoms with Crippen molar-refractivity contribution in [1.82, 2.24) is 4.90 Å². The Morgan fingerprint density at radius 1 is 1.22 bits per heavy atom. The second kappa shape index (κ2) is 9.13. The zero-order chi connectivity index (χ0) is 15.3. The van der Waals surface area contributed by atoms with Gasteiger partial charge in [0.15, 0.2) is 5.96 Å². The predicted octanol–water partition coefficient (Wildman–Crippen LogP) is 3.43. The first-order chi connectivity index (χ1) is 10.8. The van der Waals surface area contributed by atoms with Crippen LogP contribution in [0.2, 0.25) is 0 Å². The van der Waals surface area contributed by atoms with Crippen LogP contribution < -0.4 is 5.32 Å². The summed E-state index contributed by atoms with van der Waals surface area (Å²) in [6, 6.07) is 10.2. The number of piperidine rings is 1. The highest BCUT2D eigenvalue weighted by molar-refractivity contribution is 14.0. The molecule has 2 fully saturated rings. The number of thioether (sulfide) groups is 1. The van der Waals surface area contributed by atoms with Gasteiger partial charge in [0.25, 0.3) is 0 Å². The molecule has 4 nitrogen and oxygen atoms in total. The zero-order valence-corrected chi connectivity index (χ0v) is 16.6. The van der Waals surface area contributed by atoms with Gasteiger partial charge in [-0.2, -0.15) is 11.8 Å². The Morgan fingerprint density at radius 2 is 1.96 bits per heavy atom. The van der Waals surface area contributed by atoms with Crippen molar-refractivity contribution >= 4 is 47.4 Å². The highest BCUT2D eigenvalue weighted by atomic mass is 127. The molecule has 23 heavy (non-hydrogen) atoms. The van der Waals surface area contributed by atoms with Gasteiger partial charge in [-0.1, -0.05) is 18.2 Å². The Hall–Kier alpha value is -0.470. The van der Waals surface area contributed by atoms with Crippen LogP contribution in [0.25, 0.3) is 0 Å². The van der Waals surface area contributed by atoms with Crippen molar-refractivity contribution < 1.29 is 5.11 Å². The second-order valence-corrected chi connectivity index (χ2v) is 7.31. The van der Waals surface area contributed by atoms with E-state index in [1.807, 2.05) is 30.0 Å². The summed E-state index contributed by atoms with van der Waals surface area (Å²) >= 11 is 1.82. The van der Waals surface area contributed by atoms with E-state index < -0.39 is 5.60 Å². The molecule has 3 rings (SSSR count). The molecule has 0 aliphatic carbocycles. The van der Waals surface area contributed by atoms with E-state index in [1.165, 1.54) is 19.3 Å². The highest BCUT2D eigenvalue weighted by Gasteiger charge is 2.31. The number of rotatable bonds is 3. The number of guanidine groups is 1. The number of aliphatic hydroxyl groups is 1. The third-order valence-corrected chi connectivity index (χ3v) is 5.53. The molecule has 0 amide bonds. The largest absolute Gasteiger partial charge is 0.387 e. The summed E-state index contributed by atoms with van der Waals surface area (Å²) in [5.41, 5.74) is 0.434. The Morgan fingerprint density at radius 3 is 2.61 bits per heavy atom. The Balaban J connectivity index is 0.00000192. The van der Waals surface area contributed by atoms with Gasteiger partial charge in [-0.3, -0.25) is 0 Å². The predicted molar refractivity (Wildman–Crippen MR) is 110 cm³/mol. The van der Waals surface area contributed by atoms with Crippen LogP contribution in [0.5, 0.6) is 0 Å². The molecule has 0 radical (unpaired) electrons. The fourth-order valence-electron chi connectivity index (χ4n) is 2.92. The molecule has 1 unspecified atom stereocenters. The Labute approximate surface area is 160 Å². The van der Waals surface area contributed by atoms with Crippen LogP contribution in [0.4, 0.5) is 5.69 Å². The van der Waals surface area contributed by atoms with Crippen molar-refractivity contribution in [2.24, 2.45) is 4.99 Å². The van der Waals surface area contributed by atoms with Crippen molar-refractivity contribution in [2.75, 3.05) is 36.5 Å². The van der Waals surface area contributed by atoms with E-state index in [0.717, 1.165) is 42.7 Å². The third-order valence-electron chi connectivity index (χ3n) is 4.29. The number of nitrogens with one attached hydrogen (secondary N) is 1. The number of hydrogen-bond donors (Lipinski definition) is 2. The van der Waals surface area contributed by atoms with Gasteiger partial charge in [0.1, 0.15) is 0 Å². The lowest BCUT2D eigenvalue weighted by molar-refractivity contribution is 0.0776. The number of anilines is 1. The SMILES string of the molecule is I.OC1(CN=C(Nc2ccccc2)N2CCCCC2)CCSC1. The van der Waals surface area contributed by atoms with Crippen LogP contribution in [-0.2, 0) is 0 Å². The standard InChI is InChI=1S/C17H25N3OS.HI/c21-17(9-12-22-14-17)13-18-16(20-10-5-2-6-11-20)19-15-7-3-1-4-8-15;/h1,3-4,7-8,21H,2,5-6,9-14H2,(H,18,19);1H. The number of halogens is 1. The van der Waals surface area contributed by atoms with Crippen LogP contribution in [-0.4, -0.2) is 52.7 Å². The molecule has 2 saturated heterocycles. The van der Waals surface area contributed by atoms with Crippen molar-refractivity contribution in [2.45, 2.75) is 31.3 Å². The minimum Gasteiger partial charge on any atom is -0.387 e. The molecule has 1 atom stereocenters. The van der Waals surface area contributed by atoms with Crippen molar-refractivity contribution in [3.63, 3.8) is 0 Å². The zero-order valence-electron chi connectivity index (χ0n) is 13.4. The van der Waals surface area contributed by atoms with Crippen LogP contribution in [0.1, 0.15) is 25.7 Å². The summed E-state index contributed by atoms with van der Waals surface area (Å²) in [4.78, 5) is 7.09. The number of benzene rings is 1. The van der Waals surface area contributed by atoms with Crippen molar-refractivity contribution in [1.29, 1.82) is 0 Å². The first kappa shape index (κ1) is 18.9. The second-order valence-electron chi connectivity index (χ2n) is 6.21.